The number of allylic oxidation sites excluding steroid dienone is 2. The number of carbonyl (C=O) groups excluding carboxylic acids is 5. The number of rotatable bonds is 4. The Labute approximate surface area is 256 Å². The Morgan fingerprint density at radius 3 is 2.25 bits per heavy atom. The van der Waals surface area contributed by atoms with Crippen molar-refractivity contribution in [3.05, 3.63) is 58.4 Å². The number of imide groups is 4. The number of halogens is 2. The average molecular weight is 627 g/mol. The lowest BCUT2D eigenvalue weighted by molar-refractivity contribution is -0.138. The summed E-state index contributed by atoms with van der Waals surface area (Å²) >= 11 is 6.03. The normalized spacial score (nSPS) is 29.2. The Hall–Kier alpha value is -4.45. The van der Waals surface area contributed by atoms with E-state index in [2.05, 4.69) is 0 Å². The Morgan fingerprint density at radius 1 is 1.00 bits per heavy atom. The molecule has 2 aliphatic heterocycles. The summed E-state index contributed by atoms with van der Waals surface area (Å²) in [4.78, 5) is 69.6. The molecule has 2 heterocycles. The Balaban J connectivity index is 1.58. The molecule has 13 heteroatoms. The lowest BCUT2D eigenvalue weighted by Gasteiger charge is -2.49. The second-order valence-corrected chi connectivity index (χ2v) is 11.9. The van der Waals surface area contributed by atoms with E-state index >= 15 is 0 Å². The molecule has 5 amide bonds. The molecule has 6 atom stereocenters. The summed E-state index contributed by atoms with van der Waals surface area (Å²) in [6, 6.07) is 6.25. The molecular weight excluding hydrogens is 599 g/mol. The third-order valence-electron chi connectivity index (χ3n) is 9.61. The van der Waals surface area contributed by atoms with Crippen molar-refractivity contribution in [1.29, 1.82) is 0 Å². The molecule has 44 heavy (non-hydrogen) atoms. The van der Waals surface area contributed by atoms with Crippen LogP contribution in [0.4, 0.5) is 14.9 Å². The minimum atomic E-state index is -1.49. The largest absolute Gasteiger partial charge is 0.508 e. The molecule has 0 aromatic heterocycles. The fourth-order valence-corrected chi connectivity index (χ4v) is 7.85. The summed E-state index contributed by atoms with van der Waals surface area (Å²) in [6.45, 7) is 1.64. The maximum Gasteiger partial charge on any atom is 0.423 e. The number of benzene rings is 2. The summed E-state index contributed by atoms with van der Waals surface area (Å²) in [7, 11) is 3.83. The van der Waals surface area contributed by atoms with Crippen LogP contribution in [0, 0.1) is 34.9 Å². The van der Waals surface area contributed by atoms with Gasteiger partial charge in [0.05, 0.1) is 55.2 Å². The molecule has 1 N–H and O–H groups in total. The van der Waals surface area contributed by atoms with E-state index in [1.807, 2.05) is 0 Å². The summed E-state index contributed by atoms with van der Waals surface area (Å²) in [5.41, 5.74) is -0.459. The molecule has 3 fully saturated rings. The third kappa shape index (κ3) is 3.89. The fourth-order valence-electron chi connectivity index (χ4n) is 7.67. The number of fused-ring (bicyclic) bond motifs is 4. The molecule has 2 aromatic rings. The smallest absolute Gasteiger partial charge is 0.423 e. The third-order valence-corrected chi connectivity index (χ3v) is 9.90. The van der Waals surface area contributed by atoms with Crippen LogP contribution >= 0.6 is 11.6 Å². The SMILES string of the molecule is COC(=O)N1C(=O)C2CC=C3C(CC4C(=O)N(c5ccc(F)c(Cl)c5)C(=O)C4(C)C3c3c(OC)cc(O)cc3OC)C2C1=O. The molecule has 0 radical (unpaired) electrons. The van der Waals surface area contributed by atoms with Crippen LogP contribution in [0.5, 0.6) is 17.2 Å². The maximum atomic E-state index is 14.5. The van der Waals surface area contributed by atoms with Crippen LogP contribution < -0.4 is 14.4 Å². The van der Waals surface area contributed by atoms with Crippen molar-refractivity contribution in [3.8, 4) is 17.2 Å². The van der Waals surface area contributed by atoms with Gasteiger partial charge in [-0.05, 0) is 43.9 Å². The first kappa shape index (κ1) is 29.6. The van der Waals surface area contributed by atoms with Crippen molar-refractivity contribution >= 4 is 47.0 Å². The first-order chi connectivity index (χ1) is 20.9. The number of ether oxygens (including phenoxy) is 3. The van der Waals surface area contributed by atoms with Crippen LogP contribution in [-0.4, -0.2) is 61.1 Å². The molecular formula is C31H28ClFN2O9. The van der Waals surface area contributed by atoms with E-state index in [0.29, 0.717) is 16.0 Å². The van der Waals surface area contributed by atoms with Gasteiger partial charge in [0.25, 0.3) is 0 Å². The molecule has 0 spiro atoms. The van der Waals surface area contributed by atoms with E-state index in [1.54, 1.807) is 13.0 Å². The van der Waals surface area contributed by atoms with E-state index in [-0.39, 0.29) is 40.8 Å². The van der Waals surface area contributed by atoms with Gasteiger partial charge in [0.2, 0.25) is 23.6 Å². The predicted molar refractivity (Wildman–Crippen MR) is 151 cm³/mol. The van der Waals surface area contributed by atoms with Crippen LogP contribution in [0.15, 0.2) is 42.0 Å². The van der Waals surface area contributed by atoms with Crippen molar-refractivity contribution in [2.75, 3.05) is 26.2 Å². The molecule has 230 valence electrons. The van der Waals surface area contributed by atoms with Crippen LogP contribution in [-0.2, 0) is 23.9 Å². The number of methoxy groups -OCH3 is 3. The quantitative estimate of drug-likeness (QED) is 0.391. The van der Waals surface area contributed by atoms with Crippen LogP contribution in [0.2, 0.25) is 5.02 Å². The second-order valence-electron chi connectivity index (χ2n) is 11.5. The first-order valence-electron chi connectivity index (χ1n) is 13.8. The molecule has 0 bridgehead atoms. The Bertz CT molecular complexity index is 1670. The highest BCUT2D eigenvalue weighted by molar-refractivity contribution is 6.31. The number of aromatic hydroxyl groups is 1. The fraction of sp³-hybridized carbons (Fsp3) is 0.387. The second kappa shape index (κ2) is 10.3. The number of hydrogen-bond donors (Lipinski definition) is 1. The van der Waals surface area contributed by atoms with Crippen molar-refractivity contribution in [2.45, 2.75) is 25.7 Å². The zero-order valence-electron chi connectivity index (χ0n) is 24.1. The maximum absolute atomic E-state index is 14.5. The van der Waals surface area contributed by atoms with Gasteiger partial charge in [-0.2, -0.15) is 4.90 Å². The van der Waals surface area contributed by atoms with Crippen LogP contribution in [0.1, 0.15) is 31.2 Å². The number of amides is 5. The van der Waals surface area contributed by atoms with Gasteiger partial charge in [0.15, 0.2) is 0 Å². The highest BCUT2D eigenvalue weighted by Gasteiger charge is 2.68. The van der Waals surface area contributed by atoms with Gasteiger partial charge >= 0.3 is 6.09 Å². The summed E-state index contributed by atoms with van der Waals surface area (Å²) in [5.74, 6) is -7.75. The monoisotopic (exact) mass is 626 g/mol. The topological polar surface area (TPSA) is 140 Å². The zero-order valence-corrected chi connectivity index (χ0v) is 24.9. The van der Waals surface area contributed by atoms with E-state index < -0.39 is 70.5 Å². The van der Waals surface area contributed by atoms with Gasteiger partial charge in [-0.15, -0.1) is 0 Å². The van der Waals surface area contributed by atoms with Crippen LogP contribution in [0.25, 0.3) is 0 Å². The summed E-state index contributed by atoms with van der Waals surface area (Å²) in [6.07, 6.45) is 0.785. The van der Waals surface area contributed by atoms with Crippen molar-refractivity contribution in [2.24, 2.45) is 29.1 Å². The van der Waals surface area contributed by atoms with E-state index in [4.69, 9.17) is 25.8 Å². The van der Waals surface area contributed by atoms with Gasteiger partial charge < -0.3 is 19.3 Å². The number of phenols is 1. The van der Waals surface area contributed by atoms with Gasteiger partial charge in [0.1, 0.15) is 23.1 Å². The number of anilines is 1. The lowest BCUT2D eigenvalue weighted by Crippen LogP contribution is -2.49. The Kier molecular flexibility index (Phi) is 6.95. The van der Waals surface area contributed by atoms with Gasteiger partial charge in [-0.3, -0.25) is 19.2 Å². The van der Waals surface area contributed by atoms with Crippen molar-refractivity contribution < 1.29 is 47.7 Å². The number of hydrogen-bond acceptors (Lipinski definition) is 9. The number of nitrogens with zero attached hydrogens (tertiary/aromatic N) is 2. The first-order valence-corrected chi connectivity index (χ1v) is 14.2. The average Bonchev–Trinajstić information content (AvgIpc) is 3.37. The van der Waals surface area contributed by atoms with E-state index in [1.165, 1.54) is 38.5 Å². The summed E-state index contributed by atoms with van der Waals surface area (Å²) < 4.78 is 30.1. The minimum absolute atomic E-state index is 0.00669. The van der Waals surface area contributed by atoms with Crippen molar-refractivity contribution in [1.82, 2.24) is 4.90 Å². The standard InChI is InChI=1S/C31H28ClFN2O9/c1-31-18(27(38)34(29(31)40)13-5-8-20(33)19(32)9-13)12-17-15(25(31)24-21(42-2)10-14(36)11-22(24)43-3)6-7-16-23(17)28(39)35(26(16)37)30(41)44-4/h5-6,8-11,16-18,23,25,36H,7,12H2,1-4H3. The minimum Gasteiger partial charge on any atom is -0.508 e. The van der Waals surface area contributed by atoms with E-state index in [9.17, 15) is 33.5 Å². The Morgan fingerprint density at radius 2 is 1.66 bits per heavy atom. The molecule has 2 aliphatic carbocycles. The lowest BCUT2D eigenvalue weighted by atomic mass is 9.51. The predicted octanol–water partition coefficient (Wildman–Crippen LogP) is 4.20. The van der Waals surface area contributed by atoms with Crippen molar-refractivity contribution in [3.63, 3.8) is 0 Å². The molecule has 2 aromatic carbocycles. The molecule has 4 aliphatic rings. The molecule has 1 saturated carbocycles. The van der Waals surface area contributed by atoms with Gasteiger partial charge in [-0.1, -0.05) is 23.3 Å². The highest BCUT2D eigenvalue weighted by Crippen LogP contribution is 2.65. The number of likely N-dealkylation sites (tertiary alicyclic amines) is 1. The highest BCUT2D eigenvalue weighted by atomic mass is 35.5. The summed E-state index contributed by atoms with van der Waals surface area (Å²) in [5, 5.41) is 10.1. The van der Waals surface area contributed by atoms with Crippen LogP contribution in [0.3, 0.4) is 0 Å². The van der Waals surface area contributed by atoms with Gasteiger partial charge in [0, 0.05) is 23.6 Å². The van der Waals surface area contributed by atoms with Gasteiger partial charge in [-0.25, -0.2) is 14.1 Å². The number of carbonyl (C=O) groups is 5. The molecule has 11 nitrogen and oxygen atoms in total. The zero-order chi connectivity index (χ0) is 31.8. The van der Waals surface area contributed by atoms with E-state index in [0.717, 1.165) is 18.1 Å². The number of phenolic OH excluding ortho intramolecular Hbond substituents is 1. The molecule has 2 saturated heterocycles. The molecule has 6 unspecified atom stereocenters. The molecule has 6 rings (SSSR count).